The van der Waals surface area contributed by atoms with E-state index in [0.29, 0.717) is 18.5 Å². The van der Waals surface area contributed by atoms with Crippen LogP contribution in [0.15, 0.2) is 54.2 Å². The van der Waals surface area contributed by atoms with Crippen LogP contribution in [0.4, 0.5) is 0 Å². The Kier molecular flexibility index (Phi) is 5.18. The molecular weight excluding hydrogens is 322 g/mol. The van der Waals surface area contributed by atoms with E-state index in [-0.39, 0.29) is 5.91 Å². The molecule has 0 radical (unpaired) electrons. The molecule has 6 heteroatoms. The van der Waals surface area contributed by atoms with Gasteiger partial charge in [0.05, 0.1) is 12.8 Å². The Bertz CT molecular complexity index is 801. The van der Waals surface area contributed by atoms with Gasteiger partial charge in [0.15, 0.2) is 0 Å². The number of hydrogen-bond acceptors (Lipinski definition) is 5. The molecule has 122 valence electrons. The second-order valence-corrected chi connectivity index (χ2v) is 5.97. The Hall–Kier alpha value is -2.73. The number of rotatable bonds is 6. The van der Waals surface area contributed by atoms with Crippen molar-refractivity contribution in [3.05, 3.63) is 65.4 Å². The maximum absolute atomic E-state index is 12.0. The highest BCUT2D eigenvalue weighted by Gasteiger charge is 2.07. The SMILES string of the molecule is COc1ccc(-c2nc(CCNC(=O)c3ccncc3)cs2)cc1. The number of carbonyl (C=O) groups excluding carboxylic acids is 1. The molecule has 0 aliphatic carbocycles. The highest BCUT2D eigenvalue weighted by molar-refractivity contribution is 7.13. The van der Waals surface area contributed by atoms with E-state index in [0.717, 1.165) is 22.0 Å². The first-order valence-corrected chi connectivity index (χ1v) is 8.41. The zero-order valence-corrected chi connectivity index (χ0v) is 14.0. The Labute approximate surface area is 144 Å². The van der Waals surface area contributed by atoms with Gasteiger partial charge in [0.2, 0.25) is 0 Å². The fourth-order valence-electron chi connectivity index (χ4n) is 2.20. The molecule has 0 saturated carbocycles. The minimum Gasteiger partial charge on any atom is -0.497 e. The first kappa shape index (κ1) is 16.1. The number of carbonyl (C=O) groups is 1. The summed E-state index contributed by atoms with van der Waals surface area (Å²) < 4.78 is 5.16. The molecule has 0 unspecified atom stereocenters. The third-order valence-electron chi connectivity index (χ3n) is 3.50. The van der Waals surface area contributed by atoms with E-state index in [9.17, 15) is 4.79 Å². The molecule has 0 atom stereocenters. The number of pyridine rings is 1. The molecule has 0 aliphatic rings. The molecular formula is C18H17N3O2S. The lowest BCUT2D eigenvalue weighted by Gasteiger charge is -2.03. The Morgan fingerprint density at radius 1 is 1.17 bits per heavy atom. The molecule has 2 heterocycles. The number of benzene rings is 1. The van der Waals surface area contributed by atoms with E-state index in [2.05, 4.69) is 15.3 Å². The number of nitrogens with zero attached hydrogens (tertiary/aromatic N) is 2. The first-order chi connectivity index (χ1) is 11.8. The highest BCUT2D eigenvalue weighted by Crippen LogP contribution is 2.25. The summed E-state index contributed by atoms with van der Waals surface area (Å²) in [6, 6.07) is 11.2. The van der Waals surface area contributed by atoms with Crippen LogP contribution in [0.5, 0.6) is 5.75 Å². The number of ether oxygens (including phenoxy) is 1. The Morgan fingerprint density at radius 3 is 2.62 bits per heavy atom. The van der Waals surface area contributed by atoms with Crippen LogP contribution in [0.25, 0.3) is 10.6 Å². The molecule has 1 amide bonds. The van der Waals surface area contributed by atoms with Gasteiger partial charge in [-0.2, -0.15) is 0 Å². The van der Waals surface area contributed by atoms with Gasteiger partial charge in [0, 0.05) is 41.9 Å². The van der Waals surface area contributed by atoms with E-state index >= 15 is 0 Å². The summed E-state index contributed by atoms with van der Waals surface area (Å²) in [5.41, 5.74) is 2.65. The fraction of sp³-hybridized carbons (Fsp3) is 0.167. The van der Waals surface area contributed by atoms with Crippen molar-refractivity contribution in [2.45, 2.75) is 6.42 Å². The van der Waals surface area contributed by atoms with Crippen LogP contribution < -0.4 is 10.1 Å². The van der Waals surface area contributed by atoms with Crippen molar-refractivity contribution in [2.75, 3.05) is 13.7 Å². The summed E-state index contributed by atoms with van der Waals surface area (Å²) in [4.78, 5) is 20.5. The molecule has 0 saturated heterocycles. The third kappa shape index (κ3) is 3.97. The van der Waals surface area contributed by atoms with Crippen LogP contribution in [-0.4, -0.2) is 29.5 Å². The van der Waals surface area contributed by atoms with E-state index in [1.807, 2.05) is 29.6 Å². The molecule has 3 aromatic rings. The molecule has 5 nitrogen and oxygen atoms in total. The average molecular weight is 339 g/mol. The van der Waals surface area contributed by atoms with Gasteiger partial charge in [0.1, 0.15) is 10.8 Å². The van der Waals surface area contributed by atoms with Gasteiger partial charge >= 0.3 is 0 Å². The van der Waals surface area contributed by atoms with Gasteiger partial charge in [-0.1, -0.05) is 0 Å². The van der Waals surface area contributed by atoms with Crippen molar-refractivity contribution in [3.63, 3.8) is 0 Å². The van der Waals surface area contributed by atoms with E-state index < -0.39 is 0 Å². The van der Waals surface area contributed by atoms with E-state index in [1.54, 1.807) is 43.0 Å². The van der Waals surface area contributed by atoms with E-state index in [1.165, 1.54) is 0 Å². The monoisotopic (exact) mass is 339 g/mol. The Balaban J connectivity index is 1.55. The predicted octanol–water partition coefficient (Wildman–Crippen LogP) is 3.19. The smallest absolute Gasteiger partial charge is 0.251 e. The zero-order chi connectivity index (χ0) is 16.8. The quantitative estimate of drug-likeness (QED) is 0.749. The summed E-state index contributed by atoms with van der Waals surface area (Å²) in [6.07, 6.45) is 3.91. The third-order valence-corrected chi connectivity index (χ3v) is 4.44. The van der Waals surface area contributed by atoms with Gasteiger partial charge in [-0.05, 0) is 36.4 Å². The molecule has 24 heavy (non-hydrogen) atoms. The lowest BCUT2D eigenvalue weighted by Crippen LogP contribution is -2.25. The molecule has 0 spiro atoms. The summed E-state index contributed by atoms with van der Waals surface area (Å²) in [5, 5.41) is 5.88. The first-order valence-electron chi connectivity index (χ1n) is 7.53. The van der Waals surface area contributed by atoms with Crippen molar-refractivity contribution in [3.8, 4) is 16.3 Å². The normalized spacial score (nSPS) is 10.4. The Morgan fingerprint density at radius 2 is 1.92 bits per heavy atom. The lowest BCUT2D eigenvalue weighted by atomic mass is 10.2. The van der Waals surface area contributed by atoms with Crippen molar-refractivity contribution < 1.29 is 9.53 Å². The number of aromatic nitrogens is 2. The predicted molar refractivity (Wildman–Crippen MR) is 94.4 cm³/mol. The van der Waals surface area contributed by atoms with Crippen LogP contribution in [0.3, 0.4) is 0 Å². The van der Waals surface area contributed by atoms with Crippen molar-refractivity contribution >= 4 is 17.2 Å². The van der Waals surface area contributed by atoms with Crippen LogP contribution >= 0.6 is 11.3 Å². The fourth-order valence-corrected chi connectivity index (χ4v) is 3.06. The molecule has 3 rings (SSSR count). The second-order valence-electron chi connectivity index (χ2n) is 5.11. The van der Waals surface area contributed by atoms with Crippen molar-refractivity contribution in [1.82, 2.24) is 15.3 Å². The van der Waals surface area contributed by atoms with Gasteiger partial charge in [-0.3, -0.25) is 9.78 Å². The van der Waals surface area contributed by atoms with Crippen LogP contribution in [0, 0.1) is 0 Å². The van der Waals surface area contributed by atoms with Crippen LogP contribution in [0.2, 0.25) is 0 Å². The molecule has 1 aromatic carbocycles. The maximum Gasteiger partial charge on any atom is 0.251 e. The molecule has 0 bridgehead atoms. The maximum atomic E-state index is 12.0. The molecule has 1 N–H and O–H groups in total. The number of thiazole rings is 1. The summed E-state index contributed by atoms with van der Waals surface area (Å²) in [5.74, 6) is 0.734. The lowest BCUT2D eigenvalue weighted by molar-refractivity contribution is 0.0954. The topological polar surface area (TPSA) is 64.1 Å². The molecule has 2 aromatic heterocycles. The van der Waals surface area contributed by atoms with Gasteiger partial charge in [-0.25, -0.2) is 4.98 Å². The number of methoxy groups -OCH3 is 1. The van der Waals surface area contributed by atoms with Gasteiger partial charge in [0.25, 0.3) is 5.91 Å². The molecule has 0 aliphatic heterocycles. The zero-order valence-electron chi connectivity index (χ0n) is 13.2. The van der Waals surface area contributed by atoms with Crippen molar-refractivity contribution in [2.24, 2.45) is 0 Å². The van der Waals surface area contributed by atoms with Gasteiger partial charge < -0.3 is 10.1 Å². The minimum absolute atomic E-state index is 0.0944. The van der Waals surface area contributed by atoms with Crippen LogP contribution in [0.1, 0.15) is 16.1 Å². The number of hydrogen-bond donors (Lipinski definition) is 1. The standard InChI is InChI=1S/C18H17N3O2S/c1-23-16-4-2-14(3-5-16)18-21-15(12-24-18)8-11-20-17(22)13-6-9-19-10-7-13/h2-7,9-10,12H,8,11H2,1H3,(H,20,22). The average Bonchev–Trinajstić information content (AvgIpc) is 3.11. The summed E-state index contributed by atoms with van der Waals surface area (Å²) in [6.45, 7) is 0.549. The summed E-state index contributed by atoms with van der Waals surface area (Å²) in [7, 11) is 1.65. The second kappa shape index (κ2) is 7.70. The van der Waals surface area contributed by atoms with Gasteiger partial charge in [-0.15, -0.1) is 11.3 Å². The highest BCUT2D eigenvalue weighted by atomic mass is 32.1. The van der Waals surface area contributed by atoms with Crippen molar-refractivity contribution in [1.29, 1.82) is 0 Å². The van der Waals surface area contributed by atoms with E-state index in [4.69, 9.17) is 4.74 Å². The molecule has 0 fully saturated rings. The largest absolute Gasteiger partial charge is 0.497 e. The number of amides is 1. The minimum atomic E-state index is -0.0944. The number of nitrogens with one attached hydrogen (secondary N) is 1. The summed E-state index contributed by atoms with van der Waals surface area (Å²) >= 11 is 1.60. The van der Waals surface area contributed by atoms with Crippen LogP contribution in [-0.2, 0) is 6.42 Å².